The molecule has 2 N–H and O–H groups in total. The zero-order valence-electron chi connectivity index (χ0n) is 11.7. The first-order valence-corrected chi connectivity index (χ1v) is 7.31. The number of carbonyl (C=O) groups is 3. The lowest BCUT2D eigenvalue weighted by Crippen LogP contribution is -2.43. The lowest BCUT2D eigenvalue weighted by Gasteiger charge is -2.10. The van der Waals surface area contributed by atoms with Crippen LogP contribution >= 0.6 is 11.8 Å². The SMILES string of the molecule is COc1nn(C)cc1C(=O)NCC(=O)N[C@@H]1CCSC1=O. The highest BCUT2D eigenvalue weighted by molar-refractivity contribution is 8.14. The summed E-state index contributed by atoms with van der Waals surface area (Å²) in [7, 11) is 3.07. The van der Waals surface area contributed by atoms with Crippen LogP contribution in [0.2, 0.25) is 0 Å². The number of hydrogen-bond acceptors (Lipinski definition) is 6. The van der Waals surface area contributed by atoms with Gasteiger partial charge in [-0.2, -0.15) is 0 Å². The standard InChI is InChI=1S/C12H16N4O4S/c1-16-6-7(11(15-16)20-2)10(18)13-5-9(17)14-8-3-4-21-12(8)19/h6,8H,3-5H2,1-2H3,(H,13,18)(H,14,17)/t8-/m1/s1. The second-order valence-electron chi connectivity index (χ2n) is 4.48. The van der Waals surface area contributed by atoms with E-state index in [4.69, 9.17) is 4.74 Å². The molecular formula is C12H16N4O4S. The molecule has 21 heavy (non-hydrogen) atoms. The van der Waals surface area contributed by atoms with Gasteiger partial charge in [0, 0.05) is 19.0 Å². The summed E-state index contributed by atoms with van der Waals surface area (Å²) < 4.78 is 6.42. The maximum atomic E-state index is 11.9. The lowest BCUT2D eigenvalue weighted by molar-refractivity contribution is -0.123. The Kier molecular flexibility index (Phi) is 4.84. The monoisotopic (exact) mass is 312 g/mol. The van der Waals surface area contributed by atoms with Crippen LogP contribution in [-0.4, -0.2) is 52.2 Å². The van der Waals surface area contributed by atoms with Crippen LogP contribution in [0.15, 0.2) is 6.20 Å². The van der Waals surface area contributed by atoms with E-state index in [-0.39, 0.29) is 23.1 Å². The molecule has 2 heterocycles. The second kappa shape index (κ2) is 6.61. The number of rotatable bonds is 5. The summed E-state index contributed by atoms with van der Waals surface area (Å²) in [5, 5.41) is 8.98. The average Bonchev–Trinajstić information content (AvgIpc) is 3.02. The number of aromatic nitrogens is 2. The molecule has 0 bridgehead atoms. The van der Waals surface area contributed by atoms with E-state index in [1.54, 1.807) is 7.05 Å². The van der Waals surface area contributed by atoms with Crippen molar-refractivity contribution in [2.24, 2.45) is 7.05 Å². The first-order chi connectivity index (χ1) is 10.0. The van der Waals surface area contributed by atoms with Gasteiger partial charge >= 0.3 is 0 Å². The maximum absolute atomic E-state index is 11.9. The van der Waals surface area contributed by atoms with Crippen molar-refractivity contribution in [1.29, 1.82) is 0 Å². The van der Waals surface area contributed by atoms with E-state index in [1.807, 2.05) is 0 Å². The molecule has 9 heteroatoms. The van der Waals surface area contributed by atoms with Gasteiger partial charge in [0.25, 0.3) is 5.91 Å². The summed E-state index contributed by atoms with van der Waals surface area (Å²) in [6.07, 6.45) is 2.13. The van der Waals surface area contributed by atoms with Gasteiger partial charge in [0.15, 0.2) is 0 Å². The van der Waals surface area contributed by atoms with E-state index < -0.39 is 17.9 Å². The molecule has 1 atom stereocenters. The Balaban J connectivity index is 1.85. The molecule has 1 aliphatic heterocycles. The van der Waals surface area contributed by atoms with Gasteiger partial charge in [0.1, 0.15) is 5.56 Å². The molecule has 0 saturated carbocycles. The molecule has 0 unspecified atom stereocenters. The first-order valence-electron chi connectivity index (χ1n) is 6.33. The molecule has 0 aromatic carbocycles. The average molecular weight is 312 g/mol. The summed E-state index contributed by atoms with van der Waals surface area (Å²) in [5.41, 5.74) is 0.250. The number of methoxy groups -OCH3 is 1. The predicted octanol–water partition coefficient (Wildman–Crippen LogP) is -0.693. The zero-order valence-corrected chi connectivity index (χ0v) is 12.5. The number of nitrogens with zero attached hydrogens (tertiary/aromatic N) is 2. The van der Waals surface area contributed by atoms with Crippen molar-refractivity contribution in [2.45, 2.75) is 12.5 Å². The van der Waals surface area contributed by atoms with Crippen LogP contribution < -0.4 is 15.4 Å². The van der Waals surface area contributed by atoms with E-state index >= 15 is 0 Å². The molecule has 0 aliphatic carbocycles. The van der Waals surface area contributed by atoms with Crippen LogP contribution in [0.4, 0.5) is 0 Å². The number of hydrogen-bond donors (Lipinski definition) is 2. The van der Waals surface area contributed by atoms with Gasteiger partial charge in [-0.05, 0) is 6.42 Å². The van der Waals surface area contributed by atoms with Crippen LogP contribution in [-0.2, 0) is 16.6 Å². The van der Waals surface area contributed by atoms with Crippen molar-refractivity contribution in [2.75, 3.05) is 19.4 Å². The van der Waals surface area contributed by atoms with Crippen molar-refractivity contribution in [3.63, 3.8) is 0 Å². The normalized spacial score (nSPS) is 17.6. The molecule has 8 nitrogen and oxygen atoms in total. The summed E-state index contributed by atoms with van der Waals surface area (Å²) in [6.45, 7) is -0.203. The van der Waals surface area contributed by atoms with Crippen LogP contribution in [0.5, 0.6) is 5.88 Å². The third-order valence-electron chi connectivity index (χ3n) is 2.91. The van der Waals surface area contributed by atoms with Gasteiger partial charge in [-0.25, -0.2) is 0 Å². The highest BCUT2D eigenvalue weighted by atomic mass is 32.2. The van der Waals surface area contributed by atoms with Crippen molar-refractivity contribution in [3.05, 3.63) is 11.8 Å². The van der Waals surface area contributed by atoms with Crippen LogP contribution in [0.25, 0.3) is 0 Å². The number of thioether (sulfide) groups is 1. The highest BCUT2D eigenvalue weighted by Gasteiger charge is 2.26. The van der Waals surface area contributed by atoms with Gasteiger partial charge in [-0.15, -0.1) is 5.10 Å². The number of carbonyl (C=O) groups excluding carboxylic acids is 3. The minimum Gasteiger partial charge on any atom is -0.479 e. The molecule has 1 aromatic heterocycles. The maximum Gasteiger partial charge on any atom is 0.258 e. The molecule has 0 radical (unpaired) electrons. The van der Waals surface area contributed by atoms with Gasteiger partial charge in [-0.3, -0.25) is 19.1 Å². The fourth-order valence-electron chi connectivity index (χ4n) is 1.90. The van der Waals surface area contributed by atoms with Crippen LogP contribution in [0.1, 0.15) is 16.8 Å². The fourth-order valence-corrected chi connectivity index (χ4v) is 2.84. The molecular weight excluding hydrogens is 296 g/mol. The molecule has 2 rings (SSSR count). The predicted molar refractivity (Wildman–Crippen MR) is 76.1 cm³/mol. The third kappa shape index (κ3) is 3.75. The van der Waals surface area contributed by atoms with E-state index in [1.165, 1.54) is 29.8 Å². The number of amides is 2. The Morgan fingerprint density at radius 2 is 2.33 bits per heavy atom. The number of nitrogens with one attached hydrogen (secondary N) is 2. The summed E-state index contributed by atoms with van der Waals surface area (Å²) in [6, 6.07) is -0.452. The Morgan fingerprint density at radius 1 is 1.57 bits per heavy atom. The van der Waals surface area contributed by atoms with Crippen molar-refractivity contribution < 1.29 is 19.1 Å². The van der Waals surface area contributed by atoms with Crippen molar-refractivity contribution >= 4 is 28.7 Å². The Bertz CT molecular complexity index is 572. The van der Waals surface area contributed by atoms with E-state index in [0.29, 0.717) is 12.2 Å². The second-order valence-corrected chi connectivity index (χ2v) is 5.58. The van der Waals surface area contributed by atoms with Gasteiger partial charge in [0.05, 0.1) is 19.7 Å². The minimum absolute atomic E-state index is 0.0383. The molecule has 2 amide bonds. The van der Waals surface area contributed by atoms with Crippen molar-refractivity contribution in [1.82, 2.24) is 20.4 Å². The first kappa shape index (κ1) is 15.4. The largest absolute Gasteiger partial charge is 0.479 e. The highest BCUT2D eigenvalue weighted by Crippen LogP contribution is 2.19. The van der Waals surface area contributed by atoms with Crippen LogP contribution in [0.3, 0.4) is 0 Å². The van der Waals surface area contributed by atoms with Crippen molar-refractivity contribution in [3.8, 4) is 5.88 Å². The van der Waals surface area contributed by atoms with E-state index in [9.17, 15) is 14.4 Å². The van der Waals surface area contributed by atoms with Gasteiger partial charge in [-0.1, -0.05) is 11.8 Å². The quantitative estimate of drug-likeness (QED) is 0.746. The summed E-state index contributed by atoms with van der Waals surface area (Å²) >= 11 is 1.21. The fraction of sp³-hybridized carbons (Fsp3) is 0.500. The molecule has 1 saturated heterocycles. The third-order valence-corrected chi connectivity index (χ3v) is 3.92. The summed E-state index contributed by atoms with van der Waals surface area (Å²) in [4.78, 5) is 35.0. The Hall–Kier alpha value is -2.03. The number of aryl methyl sites for hydroxylation is 1. The minimum atomic E-state index is -0.456. The van der Waals surface area contributed by atoms with Gasteiger partial charge < -0.3 is 15.4 Å². The summed E-state index contributed by atoms with van der Waals surface area (Å²) in [5.74, 6) is 0.0512. The van der Waals surface area contributed by atoms with E-state index in [2.05, 4.69) is 15.7 Å². The zero-order chi connectivity index (χ0) is 15.4. The smallest absolute Gasteiger partial charge is 0.258 e. The lowest BCUT2D eigenvalue weighted by atomic mass is 10.2. The van der Waals surface area contributed by atoms with Crippen LogP contribution in [0, 0.1) is 0 Å². The molecule has 1 fully saturated rings. The Morgan fingerprint density at radius 3 is 2.95 bits per heavy atom. The number of ether oxygens (including phenoxy) is 1. The topological polar surface area (TPSA) is 102 Å². The molecule has 114 valence electrons. The van der Waals surface area contributed by atoms with Gasteiger partial charge in [0.2, 0.25) is 16.9 Å². The Labute approximate surface area is 125 Å². The molecule has 0 spiro atoms. The van der Waals surface area contributed by atoms with E-state index in [0.717, 1.165) is 0 Å². The molecule has 1 aromatic rings. The molecule has 1 aliphatic rings.